The maximum absolute atomic E-state index is 12.4. The minimum atomic E-state index is -0.124. The molecule has 1 heterocycles. The van der Waals surface area contributed by atoms with Crippen LogP contribution < -0.4 is 5.32 Å². The van der Waals surface area contributed by atoms with E-state index in [9.17, 15) is 4.79 Å². The van der Waals surface area contributed by atoms with Crippen molar-refractivity contribution in [3.8, 4) is 0 Å². The molecule has 0 bridgehead atoms. The lowest BCUT2D eigenvalue weighted by Crippen LogP contribution is -2.34. The molecule has 1 fully saturated rings. The second-order valence-electron chi connectivity index (χ2n) is 4.81. The number of amides is 1. The molecule has 0 saturated carbocycles. The van der Waals surface area contributed by atoms with E-state index < -0.39 is 0 Å². The summed E-state index contributed by atoms with van der Waals surface area (Å²) < 4.78 is 5.37. The lowest BCUT2D eigenvalue weighted by atomic mass is 10.1. The van der Waals surface area contributed by atoms with E-state index in [-0.39, 0.29) is 18.1 Å². The highest BCUT2D eigenvalue weighted by Crippen LogP contribution is 2.27. The molecule has 1 aliphatic heterocycles. The van der Waals surface area contributed by atoms with Crippen molar-refractivity contribution in [1.82, 2.24) is 10.2 Å². The number of hydrogen-bond donors (Lipinski definition) is 1. The first-order valence-electron chi connectivity index (χ1n) is 7.07. The molecule has 1 aliphatic rings. The molecule has 1 aromatic carbocycles. The Labute approximate surface area is 125 Å². The van der Waals surface area contributed by atoms with Gasteiger partial charge < -0.3 is 9.64 Å². The van der Waals surface area contributed by atoms with Gasteiger partial charge in [0.1, 0.15) is 6.17 Å². The first kappa shape index (κ1) is 15.3. The SMILES string of the molecule is CCOCCN1C(=O)C(CC)NC1c1cccc(Cl)c1. The van der Waals surface area contributed by atoms with Crippen LogP contribution in [-0.2, 0) is 9.53 Å². The Morgan fingerprint density at radius 3 is 2.85 bits per heavy atom. The highest BCUT2D eigenvalue weighted by atomic mass is 35.5. The predicted molar refractivity (Wildman–Crippen MR) is 79.6 cm³/mol. The molecule has 1 amide bonds. The van der Waals surface area contributed by atoms with Crippen LogP contribution in [0.5, 0.6) is 0 Å². The number of halogens is 1. The van der Waals surface area contributed by atoms with Gasteiger partial charge in [0.15, 0.2) is 0 Å². The van der Waals surface area contributed by atoms with E-state index >= 15 is 0 Å². The van der Waals surface area contributed by atoms with Crippen LogP contribution in [0.25, 0.3) is 0 Å². The van der Waals surface area contributed by atoms with Crippen molar-refractivity contribution in [3.05, 3.63) is 34.9 Å². The summed E-state index contributed by atoms with van der Waals surface area (Å²) in [5.74, 6) is 0.136. The zero-order chi connectivity index (χ0) is 14.5. The summed E-state index contributed by atoms with van der Waals surface area (Å²) in [6, 6.07) is 7.51. The summed E-state index contributed by atoms with van der Waals surface area (Å²) in [5.41, 5.74) is 1.01. The summed E-state index contributed by atoms with van der Waals surface area (Å²) in [7, 11) is 0. The van der Waals surface area contributed by atoms with Crippen molar-refractivity contribution in [1.29, 1.82) is 0 Å². The predicted octanol–water partition coefficient (Wildman–Crippen LogP) is 2.59. The molecule has 110 valence electrons. The molecule has 0 radical (unpaired) electrons. The highest BCUT2D eigenvalue weighted by Gasteiger charge is 2.38. The van der Waals surface area contributed by atoms with Crippen molar-refractivity contribution in [2.24, 2.45) is 0 Å². The van der Waals surface area contributed by atoms with Crippen LogP contribution in [-0.4, -0.2) is 36.6 Å². The molecule has 1 N–H and O–H groups in total. The number of ether oxygens (including phenoxy) is 1. The van der Waals surface area contributed by atoms with Crippen LogP contribution in [0.15, 0.2) is 24.3 Å². The zero-order valence-electron chi connectivity index (χ0n) is 11.9. The summed E-state index contributed by atoms with van der Waals surface area (Å²) >= 11 is 6.05. The fourth-order valence-corrected chi connectivity index (χ4v) is 2.67. The minimum Gasteiger partial charge on any atom is -0.380 e. The first-order chi connectivity index (χ1) is 9.67. The molecule has 1 aromatic rings. The molecule has 4 nitrogen and oxygen atoms in total. The molecule has 0 spiro atoms. The molecule has 0 aliphatic carbocycles. The quantitative estimate of drug-likeness (QED) is 0.821. The Hall–Kier alpha value is -1.10. The second-order valence-corrected chi connectivity index (χ2v) is 5.25. The molecule has 0 aromatic heterocycles. The number of carbonyl (C=O) groups is 1. The molecule has 2 atom stereocenters. The van der Waals surface area contributed by atoms with Gasteiger partial charge in [0.05, 0.1) is 12.6 Å². The Balaban J connectivity index is 2.17. The third kappa shape index (κ3) is 3.32. The summed E-state index contributed by atoms with van der Waals surface area (Å²) in [6.07, 6.45) is 0.660. The average molecular weight is 297 g/mol. The Morgan fingerprint density at radius 1 is 1.40 bits per heavy atom. The Morgan fingerprint density at radius 2 is 2.20 bits per heavy atom. The lowest BCUT2D eigenvalue weighted by molar-refractivity contribution is -0.130. The average Bonchev–Trinajstić information content (AvgIpc) is 2.76. The van der Waals surface area contributed by atoms with Gasteiger partial charge in [-0.05, 0) is 31.0 Å². The highest BCUT2D eigenvalue weighted by molar-refractivity contribution is 6.30. The third-order valence-corrected chi connectivity index (χ3v) is 3.74. The summed E-state index contributed by atoms with van der Waals surface area (Å²) in [4.78, 5) is 14.2. The maximum atomic E-state index is 12.4. The number of hydrogen-bond acceptors (Lipinski definition) is 3. The van der Waals surface area contributed by atoms with Crippen molar-refractivity contribution in [2.75, 3.05) is 19.8 Å². The Bertz CT molecular complexity index is 467. The normalized spacial score (nSPS) is 22.6. The van der Waals surface area contributed by atoms with Gasteiger partial charge in [-0.3, -0.25) is 10.1 Å². The number of benzene rings is 1. The van der Waals surface area contributed by atoms with Crippen LogP contribution in [0, 0.1) is 0 Å². The van der Waals surface area contributed by atoms with E-state index in [1.54, 1.807) is 0 Å². The zero-order valence-corrected chi connectivity index (χ0v) is 12.7. The van der Waals surface area contributed by atoms with Crippen molar-refractivity contribution >= 4 is 17.5 Å². The fraction of sp³-hybridized carbons (Fsp3) is 0.533. The topological polar surface area (TPSA) is 41.6 Å². The van der Waals surface area contributed by atoms with Gasteiger partial charge in [-0.1, -0.05) is 30.7 Å². The molecule has 1 saturated heterocycles. The van der Waals surface area contributed by atoms with E-state index in [4.69, 9.17) is 16.3 Å². The molecule has 5 heteroatoms. The first-order valence-corrected chi connectivity index (χ1v) is 7.44. The maximum Gasteiger partial charge on any atom is 0.241 e. The van der Waals surface area contributed by atoms with Crippen LogP contribution in [0.4, 0.5) is 0 Å². The number of nitrogens with one attached hydrogen (secondary N) is 1. The molecule has 20 heavy (non-hydrogen) atoms. The van der Waals surface area contributed by atoms with E-state index in [0.717, 1.165) is 12.0 Å². The lowest BCUT2D eigenvalue weighted by Gasteiger charge is -2.24. The van der Waals surface area contributed by atoms with Crippen LogP contribution in [0.1, 0.15) is 32.0 Å². The van der Waals surface area contributed by atoms with E-state index in [1.165, 1.54) is 0 Å². The number of nitrogens with zero attached hydrogens (tertiary/aromatic N) is 1. The molecule has 2 rings (SSSR count). The van der Waals surface area contributed by atoms with Crippen LogP contribution in [0.2, 0.25) is 5.02 Å². The van der Waals surface area contributed by atoms with Crippen molar-refractivity contribution in [2.45, 2.75) is 32.5 Å². The monoisotopic (exact) mass is 296 g/mol. The standard InChI is InChI=1S/C15H21ClN2O2/c1-3-13-15(19)18(8-9-20-4-2)14(17-13)11-6-5-7-12(16)10-11/h5-7,10,13-14,17H,3-4,8-9H2,1-2H3. The molecular formula is C15H21ClN2O2. The van der Waals surface area contributed by atoms with Crippen LogP contribution in [0.3, 0.4) is 0 Å². The third-order valence-electron chi connectivity index (χ3n) is 3.51. The summed E-state index contributed by atoms with van der Waals surface area (Å²) in [6.45, 7) is 5.77. The van der Waals surface area contributed by atoms with Crippen molar-refractivity contribution < 1.29 is 9.53 Å². The molecule has 2 unspecified atom stereocenters. The minimum absolute atomic E-state index is 0.119. The Kier molecular flexibility index (Phi) is 5.40. The van der Waals surface area contributed by atoms with E-state index in [2.05, 4.69) is 5.32 Å². The van der Waals surface area contributed by atoms with Gasteiger partial charge in [0.25, 0.3) is 0 Å². The van der Waals surface area contributed by atoms with Gasteiger partial charge >= 0.3 is 0 Å². The van der Waals surface area contributed by atoms with Gasteiger partial charge in [0.2, 0.25) is 5.91 Å². The fourth-order valence-electron chi connectivity index (χ4n) is 2.47. The van der Waals surface area contributed by atoms with Gasteiger partial charge in [-0.25, -0.2) is 0 Å². The van der Waals surface area contributed by atoms with Gasteiger partial charge in [-0.15, -0.1) is 0 Å². The van der Waals surface area contributed by atoms with Crippen molar-refractivity contribution in [3.63, 3.8) is 0 Å². The van der Waals surface area contributed by atoms with Gasteiger partial charge in [-0.2, -0.15) is 0 Å². The van der Waals surface area contributed by atoms with Crippen LogP contribution >= 0.6 is 11.6 Å². The second kappa shape index (κ2) is 7.07. The molecular weight excluding hydrogens is 276 g/mol. The van der Waals surface area contributed by atoms with Gasteiger partial charge in [0, 0.05) is 18.2 Å². The van der Waals surface area contributed by atoms with E-state index in [0.29, 0.717) is 24.8 Å². The number of rotatable bonds is 6. The number of carbonyl (C=O) groups excluding carboxylic acids is 1. The summed E-state index contributed by atoms with van der Waals surface area (Å²) in [5, 5.41) is 4.06. The largest absolute Gasteiger partial charge is 0.380 e. The smallest absolute Gasteiger partial charge is 0.241 e. The van der Waals surface area contributed by atoms with E-state index in [1.807, 2.05) is 43.0 Å².